The topological polar surface area (TPSA) is 102 Å². The van der Waals surface area contributed by atoms with Crippen molar-refractivity contribution in [1.82, 2.24) is 9.80 Å². The molecular formula is C16H31N3O5. The fraction of sp³-hybridized carbons (Fsp3) is 0.812. The predicted molar refractivity (Wildman–Crippen MR) is 90.0 cm³/mol. The zero-order valence-electron chi connectivity index (χ0n) is 15.7. The molecule has 0 aromatic rings. The summed E-state index contributed by atoms with van der Waals surface area (Å²) in [6, 6.07) is -0.771. The van der Waals surface area contributed by atoms with Crippen molar-refractivity contribution >= 4 is 18.0 Å². The Kier molecular flexibility index (Phi) is 9.35. The minimum atomic E-state index is -1.01. The predicted octanol–water partition coefficient (Wildman–Crippen LogP) is 1.04. The first-order chi connectivity index (χ1) is 11.0. The zero-order valence-corrected chi connectivity index (χ0v) is 15.7. The maximum Gasteiger partial charge on any atom is 0.412 e. The van der Waals surface area contributed by atoms with Crippen molar-refractivity contribution in [2.45, 2.75) is 47.0 Å². The van der Waals surface area contributed by atoms with E-state index in [0.29, 0.717) is 13.1 Å². The standard InChI is InChI=1S/C16H31N3O5/c1-10(2)13(17)14(21)23-15(11(3)4)24-16(22)19(7)9-8-18(6)12(5)20/h10-11,13,15H,8-9,17H2,1-7H3/t13-,15?/m0/s1. The Morgan fingerprint density at radius 2 is 1.42 bits per heavy atom. The number of esters is 1. The quantitative estimate of drug-likeness (QED) is 0.521. The van der Waals surface area contributed by atoms with E-state index in [9.17, 15) is 14.4 Å². The summed E-state index contributed by atoms with van der Waals surface area (Å²) in [6.07, 6.45) is -1.64. The normalized spacial score (nSPS) is 13.4. The Bertz CT molecular complexity index is 439. The minimum absolute atomic E-state index is 0.0780. The molecule has 0 aliphatic rings. The van der Waals surface area contributed by atoms with Gasteiger partial charge in [0, 0.05) is 40.0 Å². The third-order valence-corrected chi connectivity index (χ3v) is 3.60. The van der Waals surface area contributed by atoms with Crippen LogP contribution in [0.4, 0.5) is 4.79 Å². The average Bonchev–Trinajstić information content (AvgIpc) is 2.49. The Hall–Kier alpha value is -1.83. The molecule has 2 N–H and O–H groups in total. The number of nitrogens with two attached hydrogens (primary N) is 1. The van der Waals surface area contributed by atoms with Crippen LogP contribution < -0.4 is 5.73 Å². The van der Waals surface area contributed by atoms with E-state index < -0.39 is 24.4 Å². The molecule has 140 valence electrons. The van der Waals surface area contributed by atoms with Gasteiger partial charge in [0.05, 0.1) is 0 Å². The van der Waals surface area contributed by atoms with E-state index in [1.165, 1.54) is 16.7 Å². The fourth-order valence-corrected chi connectivity index (χ4v) is 1.50. The molecule has 8 nitrogen and oxygen atoms in total. The molecule has 0 bridgehead atoms. The van der Waals surface area contributed by atoms with Gasteiger partial charge in [-0.25, -0.2) is 4.79 Å². The summed E-state index contributed by atoms with van der Waals surface area (Å²) < 4.78 is 10.5. The van der Waals surface area contributed by atoms with Gasteiger partial charge in [0.2, 0.25) is 5.91 Å². The van der Waals surface area contributed by atoms with E-state index in [4.69, 9.17) is 15.2 Å². The van der Waals surface area contributed by atoms with Crippen LogP contribution in [-0.4, -0.2) is 67.3 Å². The van der Waals surface area contributed by atoms with Gasteiger partial charge in [0.25, 0.3) is 6.29 Å². The number of carbonyl (C=O) groups excluding carboxylic acids is 3. The van der Waals surface area contributed by atoms with Crippen molar-refractivity contribution in [3.05, 3.63) is 0 Å². The summed E-state index contributed by atoms with van der Waals surface area (Å²) in [7, 11) is 3.20. The van der Waals surface area contributed by atoms with Crippen molar-refractivity contribution in [1.29, 1.82) is 0 Å². The summed E-state index contributed by atoms with van der Waals surface area (Å²) in [5.74, 6) is -0.986. The van der Waals surface area contributed by atoms with Gasteiger partial charge < -0.3 is 25.0 Å². The van der Waals surface area contributed by atoms with Gasteiger partial charge >= 0.3 is 12.1 Å². The first kappa shape index (κ1) is 22.2. The molecule has 0 aromatic carbocycles. The summed E-state index contributed by atoms with van der Waals surface area (Å²) in [5.41, 5.74) is 5.75. The van der Waals surface area contributed by atoms with Crippen molar-refractivity contribution in [2.75, 3.05) is 27.2 Å². The molecule has 0 spiro atoms. The molecule has 0 saturated heterocycles. The van der Waals surface area contributed by atoms with E-state index in [-0.39, 0.29) is 17.7 Å². The first-order valence-electron chi connectivity index (χ1n) is 8.06. The van der Waals surface area contributed by atoms with Crippen LogP contribution in [0.3, 0.4) is 0 Å². The highest BCUT2D eigenvalue weighted by atomic mass is 16.7. The Morgan fingerprint density at radius 1 is 0.917 bits per heavy atom. The van der Waals surface area contributed by atoms with Gasteiger partial charge in [0.15, 0.2) is 0 Å². The smallest absolute Gasteiger partial charge is 0.412 e. The SMILES string of the molecule is CC(=O)N(C)CCN(C)C(=O)OC(OC(=O)[C@@H](N)C(C)C)C(C)C. The van der Waals surface area contributed by atoms with E-state index in [2.05, 4.69) is 0 Å². The van der Waals surface area contributed by atoms with Crippen LogP contribution in [-0.2, 0) is 19.1 Å². The largest absolute Gasteiger partial charge is 0.424 e. The highest BCUT2D eigenvalue weighted by Crippen LogP contribution is 2.13. The molecule has 0 aromatic heterocycles. The Labute approximate surface area is 144 Å². The van der Waals surface area contributed by atoms with Crippen LogP contribution in [0.1, 0.15) is 34.6 Å². The van der Waals surface area contributed by atoms with Crippen LogP contribution in [0.25, 0.3) is 0 Å². The van der Waals surface area contributed by atoms with E-state index in [0.717, 1.165) is 0 Å². The van der Waals surface area contributed by atoms with E-state index in [1.54, 1.807) is 27.9 Å². The number of likely N-dealkylation sites (N-methyl/N-ethyl adjacent to an activating group) is 2. The second-order valence-electron chi connectivity index (χ2n) is 6.56. The molecule has 0 radical (unpaired) electrons. The lowest BCUT2D eigenvalue weighted by molar-refractivity contribution is -0.179. The zero-order chi connectivity index (χ0) is 19.0. The van der Waals surface area contributed by atoms with Crippen molar-refractivity contribution in [3.63, 3.8) is 0 Å². The monoisotopic (exact) mass is 345 g/mol. The maximum absolute atomic E-state index is 12.1. The number of carbonyl (C=O) groups is 3. The van der Waals surface area contributed by atoms with Gasteiger partial charge in [-0.15, -0.1) is 0 Å². The van der Waals surface area contributed by atoms with Gasteiger partial charge in [-0.3, -0.25) is 9.59 Å². The summed E-state index contributed by atoms with van der Waals surface area (Å²) in [5, 5.41) is 0. The second kappa shape index (κ2) is 10.1. The lowest BCUT2D eigenvalue weighted by Gasteiger charge is -2.27. The molecular weight excluding hydrogens is 314 g/mol. The van der Waals surface area contributed by atoms with Crippen molar-refractivity contribution in [3.8, 4) is 0 Å². The van der Waals surface area contributed by atoms with Crippen LogP contribution in [0.15, 0.2) is 0 Å². The lowest BCUT2D eigenvalue weighted by Crippen LogP contribution is -2.43. The molecule has 0 aliphatic carbocycles. The first-order valence-corrected chi connectivity index (χ1v) is 8.06. The molecule has 1 unspecified atom stereocenters. The van der Waals surface area contributed by atoms with Gasteiger partial charge in [0.1, 0.15) is 6.04 Å². The number of ether oxygens (including phenoxy) is 2. The third kappa shape index (κ3) is 7.63. The second-order valence-corrected chi connectivity index (χ2v) is 6.56. The number of hydrogen-bond acceptors (Lipinski definition) is 6. The molecule has 0 aliphatic heterocycles. The summed E-state index contributed by atoms with van der Waals surface area (Å²) >= 11 is 0. The van der Waals surface area contributed by atoms with Gasteiger partial charge in [-0.05, 0) is 5.92 Å². The molecule has 24 heavy (non-hydrogen) atoms. The highest BCUT2D eigenvalue weighted by molar-refractivity contribution is 5.76. The van der Waals surface area contributed by atoms with Crippen LogP contribution in [0.2, 0.25) is 0 Å². The van der Waals surface area contributed by atoms with Crippen molar-refractivity contribution < 1.29 is 23.9 Å². The maximum atomic E-state index is 12.1. The molecule has 0 fully saturated rings. The number of amides is 2. The minimum Gasteiger partial charge on any atom is -0.424 e. The van der Waals surface area contributed by atoms with Crippen LogP contribution in [0.5, 0.6) is 0 Å². The summed E-state index contributed by atoms with van der Waals surface area (Å²) in [6.45, 7) is 9.30. The van der Waals surface area contributed by atoms with E-state index in [1.807, 2.05) is 13.8 Å². The Morgan fingerprint density at radius 3 is 1.83 bits per heavy atom. The van der Waals surface area contributed by atoms with Gasteiger partial charge in [-0.1, -0.05) is 27.7 Å². The molecule has 2 atom stereocenters. The molecule has 2 amide bonds. The lowest BCUT2D eigenvalue weighted by atomic mass is 10.1. The van der Waals surface area contributed by atoms with Crippen LogP contribution >= 0.6 is 0 Å². The van der Waals surface area contributed by atoms with Crippen molar-refractivity contribution in [2.24, 2.45) is 17.6 Å². The number of nitrogens with zero attached hydrogens (tertiary/aromatic N) is 2. The number of hydrogen-bond donors (Lipinski definition) is 1. The molecule has 0 heterocycles. The third-order valence-electron chi connectivity index (χ3n) is 3.60. The Balaban J connectivity index is 4.62. The highest BCUT2D eigenvalue weighted by Gasteiger charge is 2.28. The van der Waals surface area contributed by atoms with E-state index >= 15 is 0 Å². The van der Waals surface area contributed by atoms with Crippen LogP contribution in [0, 0.1) is 11.8 Å². The number of rotatable bonds is 8. The average molecular weight is 345 g/mol. The molecule has 0 saturated carbocycles. The summed E-state index contributed by atoms with van der Waals surface area (Å²) in [4.78, 5) is 38.0. The fourth-order valence-electron chi connectivity index (χ4n) is 1.50. The molecule has 0 rings (SSSR count). The van der Waals surface area contributed by atoms with Gasteiger partial charge in [-0.2, -0.15) is 0 Å². The molecule has 8 heteroatoms.